The lowest BCUT2D eigenvalue weighted by molar-refractivity contribution is 0.0517. The summed E-state index contributed by atoms with van der Waals surface area (Å²) in [6.07, 6.45) is -2.76. The van der Waals surface area contributed by atoms with E-state index in [1.54, 1.807) is 6.92 Å². The number of aromatic nitrogens is 1. The van der Waals surface area contributed by atoms with Gasteiger partial charge in [0.2, 0.25) is 0 Å². The number of halogens is 4. The van der Waals surface area contributed by atoms with Gasteiger partial charge in [0, 0.05) is 4.47 Å². The first kappa shape index (κ1) is 13.5. The third-order valence-electron chi connectivity index (χ3n) is 1.63. The third kappa shape index (κ3) is 2.98. The second kappa shape index (κ2) is 5.67. The molecule has 0 saturated heterocycles. The molecule has 88 valence electrons. The predicted octanol–water partition coefficient (Wildman–Crippen LogP) is 3.72. The zero-order chi connectivity index (χ0) is 12.3. The fraction of sp³-hybridized carbons (Fsp3) is 0.333. The molecule has 16 heavy (non-hydrogen) atoms. The van der Waals surface area contributed by atoms with Crippen LogP contribution in [0.15, 0.2) is 15.0 Å². The van der Waals surface area contributed by atoms with E-state index < -0.39 is 18.1 Å². The van der Waals surface area contributed by atoms with Gasteiger partial charge in [-0.25, -0.2) is 18.6 Å². The van der Waals surface area contributed by atoms with Gasteiger partial charge >= 0.3 is 5.97 Å². The van der Waals surface area contributed by atoms with E-state index in [-0.39, 0.29) is 16.8 Å². The van der Waals surface area contributed by atoms with Gasteiger partial charge in [-0.15, -0.1) is 0 Å². The molecule has 1 rings (SSSR count). The maximum Gasteiger partial charge on any atom is 0.356 e. The molecule has 0 fully saturated rings. The van der Waals surface area contributed by atoms with Crippen molar-refractivity contribution in [1.82, 2.24) is 4.98 Å². The van der Waals surface area contributed by atoms with Gasteiger partial charge in [-0.2, -0.15) is 0 Å². The molecule has 0 unspecified atom stereocenters. The van der Waals surface area contributed by atoms with Crippen LogP contribution in [0.1, 0.15) is 29.5 Å². The number of alkyl halides is 2. The van der Waals surface area contributed by atoms with Crippen LogP contribution < -0.4 is 0 Å². The summed E-state index contributed by atoms with van der Waals surface area (Å²) in [4.78, 5) is 14.9. The Balaban J connectivity index is 3.18. The van der Waals surface area contributed by atoms with Crippen molar-refractivity contribution in [1.29, 1.82) is 0 Å². The Bertz CT molecular complexity index is 413. The Morgan fingerprint density at radius 2 is 2.19 bits per heavy atom. The van der Waals surface area contributed by atoms with Gasteiger partial charge in [-0.1, -0.05) is 0 Å². The van der Waals surface area contributed by atoms with Gasteiger partial charge in [0.25, 0.3) is 6.43 Å². The zero-order valence-corrected chi connectivity index (χ0v) is 11.3. The fourth-order valence-corrected chi connectivity index (χ4v) is 1.77. The zero-order valence-electron chi connectivity index (χ0n) is 8.14. The van der Waals surface area contributed by atoms with E-state index in [0.717, 1.165) is 0 Å². The number of carbonyl (C=O) groups excluding carboxylic acids is 1. The average molecular weight is 359 g/mol. The van der Waals surface area contributed by atoms with Crippen LogP contribution in [0.2, 0.25) is 0 Å². The predicted molar refractivity (Wildman–Crippen MR) is 60.6 cm³/mol. The molecule has 1 aromatic heterocycles. The van der Waals surface area contributed by atoms with Crippen molar-refractivity contribution in [3.05, 3.63) is 26.4 Å². The standard InChI is InChI=1S/C9H7Br2F2NO2/c1-2-16-9(15)5-3-4(10)6(11)7(14-5)8(12)13/h3,8H,2H2,1H3. The van der Waals surface area contributed by atoms with Crippen molar-refractivity contribution >= 4 is 37.8 Å². The van der Waals surface area contributed by atoms with E-state index in [1.165, 1.54) is 6.07 Å². The molecule has 0 N–H and O–H groups in total. The first-order valence-electron chi connectivity index (χ1n) is 4.28. The van der Waals surface area contributed by atoms with Crippen molar-refractivity contribution in [2.75, 3.05) is 6.61 Å². The molecule has 0 saturated carbocycles. The van der Waals surface area contributed by atoms with Crippen LogP contribution in [-0.4, -0.2) is 17.6 Å². The van der Waals surface area contributed by atoms with Crippen molar-refractivity contribution < 1.29 is 18.3 Å². The Kier molecular flexibility index (Phi) is 4.79. The number of rotatable bonds is 3. The lowest BCUT2D eigenvalue weighted by atomic mass is 10.3. The first-order chi connectivity index (χ1) is 7.47. The molecule has 7 heteroatoms. The molecule has 0 aliphatic heterocycles. The van der Waals surface area contributed by atoms with Crippen LogP contribution in [0.3, 0.4) is 0 Å². The minimum absolute atomic E-state index is 0.135. The average Bonchev–Trinajstić information content (AvgIpc) is 2.21. The number of ether oxygens (including phenoxy) is 1. The molecule has 0 aromatic carbocycles. The molecule has 0 spiro atoms. The highest BCUT2D eigenvalue weighted by Crippen LogP contribution is 2.32. The van der Waals surface area contributed by atoms with Gasteiger partial charge in [0.1, 0.15) is 11.4 Å². The van der Waals surface area contributed by atoms with Crippen LogP contribution in [0.25, 0.3) is 0 Å². The van der Waals surface area contributed by atoms with Crippen molar-refractivity contribution in [2.45, 2.75) is 13.3 Å². The molecule has 0 atom stereocenters. The number of nitrogens with zero attached hydrogens (tertiary/aromatic N) is 1. The van der Waals surface area contributed by atoms with Crippen LogP contribution >= 0.6 is 31.9 Å². The van der Waals surface area contributed by atoms with E-state index in [2.05, 4.69) is 41.6 Å². The minimum Gasteiger partial charge on any atom is -0.461 e. The molecule has 3 nitrogen and oxygen atoms in total. The Morgan fingerprint density at radius 3 is 2.69 bits per heavy atom. The minimum atomic E-state index is -2.76. The second-order valence-corrected chi connectivity index (χ2v) is 4.36. The monoisotopic (exact) mass is 357 g/mol. The smallest absolute Gasteiger partial charge is 0.356 e. The summed E-state index contributed by atoms with van der Waals surface area (Å²) in [5.74, 6) is -0.724. The normalized spacial score (nSPS) is 10.6. The molecular formula is C9H7Br2F2NO2. The maximum atomic E-state index is 12.6. The quantitative estimate of drug-likeness (QED) is 0.773. The summed E-state index contributed by atoms with van der Waals surface area (Å²) in [5, 5.41) is 0. The number of carbonyl (C=O) groups is 1. The first-order valence-corrected chi connectivity index (χ1v) is 5.87. The van der Waals surface area contributed by atoms with Crippen molar-refractivity contribution in [2.24, 2.45) is 0 Å². The topological polar surface area (TPSA) is 39.2 Å². The lowest BCUT2D eigenvalue weighted by Gasteiger charge is -2.07. The van der Waals surface area contributed by atoms with Gasteiger partial charge in [-0.05, 0) is 44.8 Å². The van der Waals surface area contributed by atoms with Crippen molar-refractivity contribution in [3.8, 4) is 0 Å². The van der Waals surface area contributed by atoms with Crippen molar-refractivity contribution in [3.63, 3.8) is 0 Å². The van der Waals surface area contributed by atoms with Crippen LogP contribution in [-0.2, 0) is 4.74 Å². The molecule has 0 aliphatic rings. The Labute approximate surface area is 107 Å². The van der Waals surface area contributed by atoms with E-state index in [1.807, 2.05) is 0 Å². The highest BCUT2D eigenvalue weighted by molar-refractivity contribution is 9.13. The molecule has 1 aromatic rings. The Hall–Kier alpha value is -0.560. The van der Waals surface area contributed by atoms with Gasteiger partial charge in [-0.3, -0.25) is 0 Å². The number of hydrogen-bond acceptors (Lipinski definition) is 3. The molecule has 1 heterocycles. The van der Waals surface area contributed by atoms with E-state index in [4.69, 9.17) is 0 Å². The van der Waals surface area contributed by atoms with Gasteiger partial charge in [0.05, 0.1) is 11.1 Å². The largest absolute Gasteiger partial charge is 0.461 e. The van der Waals surface area contributed by atoms with Gasteiger partial charge < -0.3 is 4.74 Å². The van der Waals surface area contributed by atoms with E-state index >= 15 is 0 Å². The third-order valence-corrected chi connectivity index (χ3v) is 3.62. The number of esters is 1. The van der Waals surface area contributed by atoms with Gasteiger partial charge in [0.15, 0.2) is 0 Å². The van der Waals surface area contributed by atoms with Crippen LogP contribution in [0, 0.1) is 0 Å². The molecular weight excluding hydrogens is 352 g/mol. The number of pyridine rings is 1. The summed E-state index contributed by atoms with van der Waals surface area (Å²) in [6.45, 7) is 1.79. The summed E-state index contributed by atoms with van der Waals surface area (Å²) >= 11 is 6.02. The molecule has 0 radical (unpaired) electrons. The maximum absolute atomic E-state index is 12.6. The summed E-state index contributed by atoms with van der Waals surface area (Å²) < 4.78 is 30.3. The SMILES string of the molecule is CCOC(=O)c1cc(Br)c(Br)c(C(F)F)n1. The molecule has 0 aliphatic carbocycles. The van der Waals surface area contributed by atoms with E-state index in [9.17, 15) is 13.6 Å². The fourth-order valence-electron chi connectivity index (χ4n) is 0.971. The lowest BCUT2D eigenvalue weighted by Crippen LogP contribution is -2.09. The summed E-state index contributed by atoms with van der Waals surface area (Å²) in [6, 6.07) is 1.33. The molecule has 0 amide bonds. The van der Waals surface area contributed by atoms with E-state index in [0.29, 0.717) is 4.47 Å². The van der Waals surface area contributed by atoms with Crippen LogP contribution in [0.5, 0.6) is 0 Å². The Morgan fingerprint density at radius 1 is 1.56 bits per heavy atom. The summed E-state index contributed by atoms with van der Waals surface area (Å²) in [7, 11) is 0. The van der Waals surface area contributed by atoms with Crippen LogP contribution in [0.4, 0.5) is 8.78 Å². The summed E-state index contributed by atoms with van der Waals surface area (Å²) in [5.41, 5.74) is -0.635. The highest BCUT2D eigenvalue weighted by Gasteiger charge is 2.20. The second-order valence-electron chi connectivity index (χ2n) is 2.71. The highest BCUT2D eigenvalue weighted by atomic mass is 79.9. The number of hydrogen-bond donors (Lipinski definition) is 0. The molecule has 0 bridgehead atoms.